The van der Waals surface area contributed by atoms with Crippen LogP contribution in [0.25, 0.3) is 10.8 Å². The average molecular weight is 1350 g/mol. The molecule has 5 rings (SSSR count). The highest BCUT2D eigenvalue weighted by atomic mass is 35.5. The van der Waals surface area contributed by atoms with Gasteiger partial charge in [-0.1, -0.05) is 381 Å². The molecule has 6 heteroatoms. The van der Waals surface area contributed by atoms with E-state index in [-0.39, 0.29) is 0 Å². The SMILES string of the molecule is CCCCCCCCCCCCOc1c(C)cc(C)c2ccccc12.CCCCCCCCCCCCOc1cc(Cl)c(C)cc1Cl.CCCCCCCCCCCCc1ccc(C)cc1.CCCCCCCCCCOc1ccc(OCCCCCCCCCC)c(C)c1. The number of aryl methyl sites for hydroxylation is 6. The second-order valence-corrected chi connectivity index (χ2v) is 28.8. The summed E-state index contributed by atoms with van der Waals surface area (Å²) in [6, 6.07) is 29.8. The van der Waals surface area contributed by atoms with Crippen molar-refractivity contribution < 1.29 is 18.9 Å². The molecule has 0 atom stereocenters. The fraction of sp³-hybridized carbons (Fsp3) is 0.685. The predicted octanol–water partition coefficient (Wildman–Crippen LogP) is 30.9. The molecule has 0 fully saturated rings. The van der Waals surface area contributed by atoms with Crippen LogP contribution in [-0.4, -0.2) is 26.4 Å². The van der Waals surface area contributed by atoms with E-state index in [1.807, 2.05) is 19.1 Å². The first kappa shape index (κ1) is 87.2. The van der Waals surface area contributed by atoms with Crippen LogP contribution in [0.3, 0.4) is 0 Å². The van der Waals surface area contributed by atoms with E-state index in [9.17, 15) is 0 Å². The third-order valence-corrected chi connectivity index (χ3v) is 19.4. The highest BCUT2D eigenvalue weighted by molar-refractivity contribution is 6.34. The second kappa shape index (κ2) is 62.4. The van der Waals surface area contributed by atoms with Crippen LogP contribution in [0.15, 0.2) is 84.9 Å². The van der Waals surface area contributed by atoms with Gasteiger partial charge in [-0.25, -0.2) is 0 Å². The number of benzene rings is 5. The van der Waals surface area contributed by atoms with E-state index in [0.29, 0.717) is 15.8 Å². The molecule has 0 aromatic heterocycles. The number of fused-ring (bicyclic) bond motifs is 1. The Balaban J connectivity index is 0.000000436. The summed E-state index contributed by atoms with van der Waals surface area (Å²) in [6.07, 6.45) is 63.8. The van der Waals surface area contributed by atoms with E-state index in [4.69, 9.17) is 42.1 Å². The van der Waals surface area contributed by atoms with Crippen molar-refractivity contribution in [3.05, 3.63) is 128 Å². The summed E-state index contributed by atoms with van der Waals surface area (Å²) in [5, 5.41) is 3.93. The van der Waals surface area contributed by atoms with Crippen molar-refractivity contribution in [3.63, 3.8) is 0 Å². The van der Waals surface area contributed by atoms with E-state index < -0.39 is 0 Å². The van der Waals surface area contributed by atoms with Crippen molar-refractivity contribution in [1.82, 2.24) is 0 Å². The topological polar surface area (TPSA) is 36.9 Å². The van der Waals surface area contributed by atoms with Crippen LogP contribution in [0.4, 0.5) is 0 Å². The Morgan fingerprint density at radius 1 is 0.263 bits per heavy atom. The van der Waals surface area contributed by atoms with Gasteiger partial charge in [0, 0.05) is 16.5 Å². The minimum absolute atomic E-state index is 0.647. The lowest BCUT2D eigenvalue weighted by atomic mass is 10.0. The molecule has 95 heavy (non-hydrogen) atoms. The molecule has 0 heterocycles. The van der Waals surface area contributed by atoms with Gasteiger partial charge in [-0.05, 0) is 131 Å². The van der Waals surface area contributed by atoms with Gasteiger partial charge in [0.1, 0.15) is 23.0 Å². The highest BCUT2D eigenvalue weighted by Crippen LogP contribution is 2.33. The Labute approximate surface area is 598 Å². The first-order chi connectivity index (χ1) is 46.5. The first-order valence-electron chi connectivity index (χ1n) is 40.1. The maximum atomic E-state index is 6.18. The third kappa shape index (κ3) is 46.9. The van der Waals surface area contributed by atoms with Gasteiger partial charge in [0.15, 0.2) is 0 Å². The van der Waals surface area contributed by atoms with E-state index in [1.165, 1.54) is 315 Å². The Morgan fingerprint density at radius 3 is 1.03 bits per heavy atom. The monoisotopic (exact) mass is 1350 g/mol. The zero-order valence-corrected chi connectivity index (χ0v) is 65.0. The molecule has 0 aliphatic heterocycles. The Kier molecular flexibility index (Phi) is 57.3. The van der Waals surface area contributed by atoms with E-state index in [0.717, 1.165) is 74.9 Å². The standard InChI is InChI=1S/C27H48O2.C24H36O.C19H30Cl2O.C19H32/c1-4-6-8-10-12-14-16-18-22-28-26-20-21-27(25(3)24-26)29-23-19-17-15-13-11-9-7-5-2;1-4-5-6-7-8-9-10-11-12-15-18-25-24-21(3)19-20(2)22-16-13-14-17-23(22)24;1-3-4-5-6-7-8-9-10-11-12-13-22-19-15-17(20)16(2)14-18(19)21;1-3-4-5-6-7-8-9-10-11-12-13-19-16-14-18(2)15-17-19/h20-21,24H,4-19,22-23H2,1-3H3;13-14,16-17,19H,4-12,15,18H2,1-3H3;14-15H,3-13H2,1-2H3;14-17H,3-13H2,1-2H3. The Morgan fingerprint density at radius 2 is 0.621 bits per heavy atom. The number of unbranched alkanes of at least 4 members (excludes halogenated alkanes) is 41. The third-order valence-electron chi connectivity index (χ3n) is 18.7. The van der Waals surface area contributed by atoms with Crippen LogP contribution in [0.5, 0.6) is 23.0 Å². The highest BCUT2D eigenvalue weighted by Gasteiger charge is 2.10. The molecule has 0 aliphatic rings. The van der Waals surface area contributed by atoms with Crippen molar-refractivity contribution in [2.45, 2.75) is 371 Å². The zero-order valence-electron chi connectivity index (χ0n) is 63.5. The molecule has 0 N–H and O–H groups in total. The van der Waals surface area contributed by atoms with Crippen LogP contribution in [0, 0.1) is 34.6 Å². The Bertz CT molecular complexity index is 2520. The lowest BCUT2D eigenvalue weighted by molar-refractivity contribution is 0.294. The molecule has 5 aromatic rings. The molecule has 0 unspecified atom stereocenters. The zero-order chi connectivity index (χ0) is 68.9. The maximum absolute atomic E-state index is 6.18. The predicted molar refractivity (Wildman–Crippen MR) is 423 cm³/mol. The van der Waals surface area contributed by atoms with Gasteiger partial charge in [-0.15, -0.1) is 0 Å². The molecule has 0 spiro atoms. The van der Waals surface area contributed by atoms with Crippen LogP contribution in [0.2, 0.25) is 10.0 Å². The molecule has 540 valence electrons. The number of rotatable bonds is 55. The van der Waals surface area contributed by atoms with Crippen molar-refractivity contribution in [2.75, 3.05) is 26.4 Å². The van der Waals surface area contributed by atoms with Gasteiger partial charge in [0.25, 0.3) is 0 Å². The van der Waals surface area contributed by atoms with E-state index >= 15 is 0 Å². The molecular formula is C89H146Cl2O4. The van der Waals surface area contributed by atoms with Gasteiger partial charge in [0.2, 0.25) is 0 Å². The number of hydrogen-bond donors (Lipinski definition) is 0. The normalized spacial score (nSPS) is 11.0. The van der Waals surface area contributed by atoms with Crippen molar-refractivity contribution in [3.8, 4) is 23.0 Å². The summed E-state index contributed by atoms with van der Waals surface area (Å²) in [6.45, 7) is 25.1. The number of halogens is 2. The molecule has 0 amide bonds. The van der Waals surface area contributed by atoms with Gasteiger partial charge < -0.3 is 18.9 Å². The fourth-order valence-corrected chi connectivity index (χ4v) is 12.9. The van der Waals surface area contributed by atoms with Crippen LogP contribution in [0.1, 0.15) is 363 Å². The number of hydrogen-bond acceptors (Lipinski definition) is 4. The average Bonchev–Trinajstić information content (AvgIpc) is 0.817. The van der Waals surface area contributed by atoms with Gasteiger partial charge in [-0.2, -0.15) is 0 Å². The molecule has 0 saturated heterocycles. The van der Waals surface area contributed by atoms with Gasteiger partial charge in [0.05, 0.1) is 31.5 Å². The summed E-state index contributed by atoms with van der Waals surface area (Å²) in [4.78, 5) is 0. The molecule has 5 aromatic carbocycles. The lowest BCUT2D eigenvalue weighted by Gasteiger charge is -2.14. The maximum Gasteiger partial charge on any atom is 0.139 e. The molecule has 0 bridgehead atoms. The molecule has 4 nitrogen and oxygen atoms in total. The summed E-state index contributed by atoms with van der Waals surface area (Å²) in [5.74, 6) is 3.77. The van der Waals surface area contributed by atoms with Crippen LogP contribution < -0.4 is 18.9 Å². The van der Waals surface area contributed by atoms with Crippen molar-refractivity contribution in [2.24, 2.45) is 0 Å². The Hall–Kier alpha value is -3.86. The van der Waals surface area contributed by atoms with Crippen LogP contribution in [-0.2, 0) is 6.42 Å². The van der Waals surface area contributed by atoms with Crippen molar-refractivity contribution >= 4 is 34.0 Å². The minimum atomic E-state index is 0.647. The quantitative estimate of drug-likeness (QED) is 0.0364. The molecule has 0 aliphatic carbocycles. The number of ether oxygens (including phenoxy) is 4. The summed E-state index contributed by atoms with van der Waals surface area (Å²) < 4.78 is 23.8. The first-order valence-corrected chi connectivity index (χ1v) is 40.9. The van der Waals surface area contributed by atoms with E-state index in [2.05, 4.69) is 135 Å². The van der Waals surface area contributed by atoms with Crippen LogP contribution >= 0.6 is 23.2 Å². The van der Waals surface area contributed by atoms with Crippen molar-refractivity contribution in [1.29, 1.82) is 0 Å². The largest absolute Gasteiger partial charge is 0.494 e. The molecular weight excluding hydrogens is 1200 g/mol. The smallest absolute Gasteiger partial charge is 0.139 e. The summed E-state index contributed by atoms with van der Waals surface area (Å²) in [5.41, 5.74) is 7.62. The van der Waals surface area contributed by atoms with Gasteiger partial charge >= 0.3 is 0 Å². The van der Waals surface area contributed by atoms with E-state index in [1.54, 1.807) is 0 Å². The molecule has 0 radical (unpaired) electrons. The summed E-state index contributed by atoms with van der Waals surface area (Å²) >= 11 is 12.2. The second-order valence-electron chi connectivity index (χ2n) is 28.0. The minimum Gasteiger partial charge on any atom is -0.494 e. The molecule has 0 saturated carbocycles. The van der Waals surface area contributed by atoms with Gasteiger partial charge in [-0.3, -0.25) is 0 Å². The summed E-state index contributed by atoms with van der Waals surface area (Å²) in [7, 11) is 0. The lowest BCUT2D eigenvalue weighted by Crippen LogP contribution is -2.01. The fourth-order valence-electron chi connectivity index (χ4n) is 12.5.